The molecule has 10 heteroatoms. The number of alkyl halides is 3. The van der Waals surface area contributed by atoms with Crippen LogP contribution in [0.15, 0.2) is 30.5 Å². The van der Waals surface area contributed by atoms with Gasteiger partial charge in [-0.1, -0.05) is 6.07 Å². The van der Waals surface area contributed by atoms with Gasteiger partial charge in [0.1, 0.15) is 5.56 Å². The summed E-state index contributed by atoms with van der Waals surface area (Å²) in [6.45, 7) is 0.545. The van der Waals surface area contributed by atoms with E-state index in [4.69, 9.17) is 10.5 Å². The molecule has 3 aliphatic heterocycles. The summed E-state index contributed by atoms with van der Waals surface area (Å²) in [5.41, 5.74) is 7.16. The molecule has 1 aromatic carbocycles. The van der Waals surface area contributed by atoms with Crippen LogP contribution in [0.25, 0.3) is 22.2 Å². The van der Waals surface area contributed by atoms with Crippen LogP contribution in [0.5, 0.6) is 0 Å². The lowest BCUT2D eigenvalue weighted by Crippen LogP contribution is -2.39. The molecule has 5 heterocycles. The van der Waals surface area contributed by atoms with Crippen molar-refractivity contribution in [1.29, 1.82) is 0 Å². The summed E-state index contributed by atoms with van der Waals surface area (Å²) in [6.07, 6.45) is 3.53. The van der Waals surface area contributed by atoms with E-state index in [0.717, 1.165) is 55.5 Å². The maximum Gasteiger partial charge on any atom is 0.420 e. The number of rotatable bonds is 4. The van der Waals surface area contributed by atoms with Crippen LogP contribution in [0.3, 0.4) is 0 Å². The molecule has 7 atom stereocenters. The lowest BCUT2D eigenvalue weighted by atomic mass is 9.80. The number of hydrogen-bond acceptors (Lipinski definition) is 6. The van der Waals surface area contributed by atoms with Gasteiger partial charge in [-0.05, 0) is 74.5 Å². The predicted molar refractivity (Wildman–Crippen MR) is 133 cm³/mol. The van der Waals surface area contributed by atoms with E-state index >= 15 is 0 Å². The van der Waals surface area contributed by atoms with Crippen molar-refractivity contribution in [3.63, 3.8) is 0 Å². The van der Waals surface area contributed by atoms with Crippen molar-refractivity contribution in [2.75, 3.05) is 11.4 Å². The highest BCUT2D eigenvalue weighted by molar-refractivity contribution is 5.83. The van der Waals surface area contributed by atoms with E-state index in [0.29, 0.717) is 24.1 Å². The van der Waals surface area contributed by atoms with Crippen LogP contribution in [0.2, 0.25) is 0 Å². The Kier molecular flexibility index (Phi) is 5.31. The number of fused-ring (bicyclic) bond motifs is 4. The molecule has 2 bridgehead atoms. The molecule has 0 amide bonds. The fraction of sp³-hybridized carbons (Fsp3) is 0.593. The van der Waals surface area contributed by atoms with Crippen LogP contribution in [0, 0.1) is 17.8 Å². The molecule has 1 aliphatic carbocycles. The van der Waals surface area contributed by atoms with E-state index in [-0.39, 0.29) is 41.5 Å². The third-order valence-corrected chi connectivity index (χ3v) is 9.15. The summed E-state index contributed by atoms with van der Waals surface area (Å²) in [6, 6.07) is 6.61. The van der Waals surface area contributed by atoms with Gasteiger partial charge in [-0.2, -0.15) is 18.3 Å². The lowest BCUT2D eigenvalue weighted by molar-refractivity contribution is -0.137. The number of nitrogens with zero attached hydrogens (tertiary/aromatic N) is 5. The first-order valence-electron chi connectivity index (χ1n) is 13.3. The summed E-state index contributed by atoms with van der Waals surface area (Å²) >= 11 is 0. The van der Waals surface area contributed by atoms with Gasteiger partial charge in [-0.3, -0.25) is 4.68 Å². The Morgan fingerprint density at radius 1 is 1.11 bits per heavy atom. The Labute approximate surface area is 213 Å². The third-order valence-electron chi connectivity index (χ3n) is 9.15. The van der Waals surface area contributed by atoms with Gasteiger partial charge in [0, 0.05) is 42.8 Å². The van der Waals surface area contributed by atoms with Crippen molar-refractivity contribution in [1.82, 2.24) is 20.0 Å². The Morgan fingerprint density at radius 2 is 1.97 bits per heavy atom. The molecule has 4 fully saturated rings. The van der Waals surface area contributed by atoms with E-state index in [1.807, 2.05) is 24.2 Å². The average molecular weight is 513 g/mol. The first kappa shape index (κ1) is 23.4. The number of hydrogen-bond donors (Lipinski definition) is 1. The highest BCUT2D eigenvalue weighted by Gasteiger charge is 2.52. The maximum absolute atomic E-state index is 14.5. The molecule has 0 unspecified atom stereocenters. The quantitative estimate of drug-likeness (QED) is 0.553. The summed E-state index contributed by atoms with van der Waals surface area (Å²) in [7, 11) is 1.81. The van der Waals surface area contributed by atoms with E-state index in [2.05, 4.69) is 15.3 Å². The minimum atomic E-state index is -4.55. The molecular formula is C27H31F3N6O. The molecule has 0 radical (unpaired) electrons. The smallest absolute Gasteiger partial charge is 0.375 e. The van der Waals surface area contributed by atoms with Gasteiger partial charge in [0.2, 0.25) is 0 Å². The zero-order valence-electron chi connectivity index (χ0n) is 20.7. The first-order chi connectivity index (χ1) is 17.7. The molecule has 1 saturated carbocycles. The predicted octanol–water partition coefficient (Wildman–Crippen LogP) is 4.55. The van der Waals surface area contributed by atoms with E-state index < -0.39 is 11.7 Å². The molecule has 3 saturated heterocycles. The molecule has 37 heavy (non-hydrogen) atoms. The van der Waals surface area contributed by atoms with Crippen molar-refractivity contribution in [3.05, 3.63) is 36.0 Å². The molecule has 4 aliphatic rings. The van der Waals surface area contributed by atoms with Crippen LogP contribution in [0.4, 0.5) is 19.0 Å². The van der Waals surface area contributed by atoms with Crippen molar-refractivity contribution in [3.8, 4) is 11.3 Å². The summed E-state index contributed by atoms with van der Waals surface area (Å²) in [4.78, 5) is 1.91. The molecular weight excluding hydrogens is 481 g/mol. The number of ether oxygens (including phenoxy) is 1. The first-order valence-corrected chi connectivity index (χ1v) is 13.3. The van der Waals surface area contributed by atoms with E-state index in [1.165, 1.54) is 0 Å². The Hall–Kier alpha value is -2.72. The van der Waals surface area contributed by atoms with E-state index in [9.17, 15) is 13.2 Å². The number of benzene rings is 1. The highest BCUT2D eigenvalue weighted by Crippen LogP contribution is 2.50. The highest BCUT2D eigenvalue weighted by atomic mass is 19.4. The number of anilines is 1. The number of aryl methyl sites for hydroxylation is 1. The fourth-order valence-corrected chi connectivity index (χ4v) is 7.60. The second kappa shape index (κ2) is 8.39. The largest absolute Gasteiger partial charge is 0.420 e. The zero-order valence-corrected chi connectivity index (χ0v) is 20.7. The fourth-order valence-electron chi connectivity index (χ4n) is 7.60. The molecule has 3 aromatic rings. The minimum absolute atomic E-state index is 0.0282. The second-order valence-electron chi connectivity index (χ2n) is 11.5. The topological polar surface area (TPSA) is 82.1 Å². The molecule has 2 aromatic heterocycles. The van der Waals surface area contributed by atoms with Crippen molar-refractivity contribution in [2.24, 2.45) is 30.5 Å². The molecule has 0 spiro atoms. The summed E-state index contributed by atoms with van der Waals surface area (Å²) < 4.78 is 51.3. The lowest BCUT2D eigenvalue weighted by Gasteiger charge is -2.34. The van der Waals surface area contributed by atoms with Gasteiger partial charge in [0.15, 0.2) is 5.82 Å². The Bertz CT molecular complexity index is 1340. The summed E-state index contributed by atoms with van der Waals surface area (Å²) in [5, 5.41) is 13.8. The SMILES string of the molecule is Cn1cc2cc(-c3cc(C(F)(F)F)c(N4C[C@H]5C[C@H](N)C[C@@H]5[C@@H]4C[C@@H]4C[C@H]5CC[C@H]4O5)nn3)ccc2n1. The zero-order chi connectivity index (χ0) is 25.5. The number of aromatic nitrogens is 4. The average Bonchev–Trinajstić information content (AvgIpc) is 3.65. The van der Waals surface area contributed by atoms with Crippen LogP contribution < -0.4 is 10.6 Å². The van der Waals surface area contributed by atoms with Crippen LogP contribution >= 0.6 is 0 Å². The minimum Gasteiger partial charge on any atom is -0.375 e. The molecule has 7 rings (SSSR count). The Morgan fingerprint density at radius 3 is 2.73 bits per heavy atom. The Balaban J connectivity index is 1.25. The third kappa shape index (κ3) is 4.00. The molecule has 7 nitrogen and oxygen atoms in total. The van der Waals surface area contributed by atoms with Gasteiger partial charge in [-0.25, -0.2) is 0 Å². The van der Waals surface area contributed by atoms with Gasteiger partial charge < -0.3 is 15.4 Å². The molecule has 2 N–H and O–H groups in total. The van der Waals surface area contributed by atoms with Gasteiger partial charge in [-0.15, -0.1) is 10.2 Å². The van der Waals surface area contributed by atoms with Crippen molar-refractivity contribution in [2.45, 2.75) is 69.0 Å². The number of nitrogens with two attached hydrogens (primary N) is 1. The van der Waals surface area contributed by atoms with Crippen LogP contribution in [-0.2, 0) is 18.0 Å². The van der Waals surface area contributed by atoms with E-state index in [1.54, 1.807) is 16.8 Å². The van der Waals surface area contributed by atoms with Crippen molar-refractivity contribution >= 4 is 16.7 Å². The molecule has 196 valence electrons. The standard InChI is InChI=1S/C27H31F3N6O/c1-35-12-17-6-14(2-4-22(17)34-35)23-11-21(27(28,29)30)26(33-32-23)36-13-16-7-18(31)10-20(16)24(36)9-15-8-19-3-5-25(15)37-19/h2,4,6,11-12,15-16,18-20,24-25H,3,5,7-10,13,31H2,1H3/t15-,16+,18-,19+,20-,24-,25+/m0/s1. The monoisotopic (exact) mass is 512 g/mol. The van der Waals surface area contributed by atoms with Crippen LogP contribution in [0.1, 0.15) is 44.1 Å². The normalized spacial score (nSPS) is 33.1. The maximum atomic E-state index is 14.5. The van der Waals surface area contributed by atoms with Gasteiger partial charge >= 0.3 is 6.18 Å². The number of halogens is 3. The van der Waals surface area contributed by atoms with Crippen LogP contribution in [-0.4, -0.2) is 50.8 Å². The summed E-state index contributed by atoms with van der Waals surface area (Å²) in [5.74, 6) is 0.907. The van der Waals surface area contributed by atoms with Gasteiger partial charge in [0.05, 0.1) is 23.4 Å². The van der Waals surface area contributed by atoms with Crippen molar-refractivity contribution < 1.29 is 17.9 Å². The van der Waals surface area contributed by atoms with Gasteiger partial charge in [0.25, 0.3) is 0 Å². The second-order valence-corrected chi connectivity index (χ2v) is 11.5.